The Labute approximate surface area is 112 Å². The van der Waals surface area contributed by atoms with Gasteiger partial charge >= 0.3 is 0 Å². The fraction of sp³-hybridized carbons (Fsp3) is 0.333. The third-order valence-corrected chi connectivity index (χ3v) is 3.67. The molecule has 3 aromatic rings. The lowest BCUT2D eigenvalue weighted by molar-refractivity contribution is 0.492. The maximum absolute atomic E-state index is 6.02. The van der Waals surface area contributed by atoms with Crippen LogP contribution in [0.25, 0.3) is 21.9 Å². The average Bonchev–Trinajstić information content (AvgIpc) is 2.72. The summed E-state index contributed by atoms with van der Waals surface area (Å²) in [6.07, 6.45) is 1.00. The predicted molar refractivity (Wildman–Crippen MR) is 79.2 cm³/mol. The zero-order valence-corrected chi connectivity index (χ0v) is 11.5. The third kappa shape index (κ3) is 1.84. The molecule has 0 bridgehead atoms. The molecule has 2 heterocycles. The van der Waals surface area contributed by atoms with Gasteiger partial charge in [-0.15, -0.1) is 0 Å². The van der Waals surface area contributed by atoms with Crippen LogP contribution < -0.4 is 5.73 Å². The van der Waals surface area contributed by atoms with E-state index in [0.717, 1.165) is 28.4 Å². The molecule has 1 aromatic carbocycles. The Kier molecular flexibility index (Phi) is 2.66. The highest BCUT2D eigenvalue weighted by molar-refractivity contribution is 5.96. The molecule has 1 unspecified atom stereocenters. The van der Waals surface area contributed by atoms with Crippen LogP contribution in [-0.4, -0.2) is 14.8 Å². The van der Waals surface area contributed by atoms with Gasteiger partial charge in [0.2, 0.25) is 0 Å². The molecular formula is C15H18N4. The maximum atomic E-state index is 6.02. The van der Waals surface area contributed by atoms with Crippen LogP contribution in [0.15, 0.2) is 24.3 Å². The van der Waals surface area contributed by atoms with Gasteiger partial charge in [0.15, 0.2) is 11.5 Å². The lowest BCUT2D eigenvalue weighted by Gasteiger charge is -2.10. The molecule has 2 N–H and O–H groups in total. The van der Waals surface area contributed by atoms with Gasteiger partial charge in [0.05, 0.1) is 16.9 Å². The van der Waals surface area contributed by atoms with Crippen molar-refractivity contribution in [1.29, 1.82) is 0 Å². The smallest absolute Gasteiger partial charge is 0.160 e. The molecule has 0 aliphatic heterocycles. The van der Waals surface area contributed by atoms with E-state index >= 15 is 0 Å². The number of fused-ring (bicyclic) bond motifs is 2. The van der Waals surface area contributed by atoms with E-state index in [1.807, 2.05) is 4.68 Å². The van der Waals surface area contributed by atoms with E-state index in [4.69, 9.17) is 10.7 Å². The van der Waals surface area contributed by atoms with Crippen molar-refractivity contribution in [2.24, 2.45) is 0 Å². The number of aryl methyl sites for hydroxylation is 1. The number of hydrogen-bond donors (Lipinski definition) is 1. The fourth-order valence-electron chi connectivity index (χ4n) is 2.33. The summed E-state index contributed by atoms with van der Waals surface area (Å²) >= 11 is 0. The van der Waals surface area contributed by atoms with Gasteiger partial charge in [-0.2, -0.15) is 5.10 Å². The second kappa shape index (κ2) is 4.23. The molecule has 1 atom stereocenters. The van der Waals surface area contributed by atoms with Crippen LogP contribution in [0.3, 0.4) is 0 Å². The Morgan fingerprint density at radius 2 is 2.11 bits per heavy atom. The Hall–Kier alpha value is -2.10. The number of nitrogens with zero attached hydrogens (tertiary/aromatic N) is 3. The van der Waals surface area contributed by atoms with Crippen molar-refractivity contribution >= 4 is 27.8 Å². The first kappa shape index (κ1) is 12.0. The van der Waals surface area contributed by atoms with Gasteiger partial charge in [-0.1, -0.05) is 19.1 Å². The van der Waals surface area contributed by atoms with Crippen LogP contribution in [0.2, 0.25) is 0 Å². The van der Waals surface area contributed by atoms with E-state index in [9.17, 15) is 0 Å². The third-order valence-electron chi connectivity index (χ3n) is 3.67. The standard InChI is InChI=1S/C15H18N4/c1-4-10(3)19-15-12(14(16)18-19)8-11-6-5-9(2)7-13(11)17-15/h5-8,10H,4H2,1-3H3,(H2,16,18). The van der Waals surface area contributed by atoms with E-state index < -0.39 is 0 Å². The highest BCUT2D eigenvalue weighted by Crippen LogP contribution is 2.27. The van der Waals surface area contributed by atoms with Crippen LogP contribution >= 0.6 is 0 Å². The SMILES string of the molecule is CCC(C)n1nc(N)c2cc3ccc(C)cc3nc21. The molecule has 3 rings (SSSR count). The highest BCUT2D eigenvalue weighted by atomic mass is 15.3. The van der Waals surface area contributed by atoms with Crippen molar-refractivity contribution in [3.05, 3.63) is 29.8 Å². The summed E-state index contributed by atoms with van der Waals surface area (Å²) in [5.41, 5.74) is 9.11. The Balaban J connectivity index is 2.36. The lowest BCUT2D eigenvalue weighted by atomic mass is 10.1. The minimum atomic E-state index is 0.301. The average molecular weight is 254 g/mol. The lowest BCUT2D eigenvalue weighted by Crippen LogP contribution is -2.06. The van der Waals surface area contributed by atoms with Gasteiger partial charge < -0.3 is 5.73 Å². The summed E-state index contributed by atoms with van der Waals surface area (Å²) < 4.78 is 1.94. The summed E-state index contributed by atoms with van der Waals surface area (Å²) in [5, 5.41) is 6.48. The van der Waals surface area contributed by atoms with Gasteiger partial charge in [0.1, 0.15) is 0 Å². The highest BCUT2D eigenvalue weighted by Gasteiger charge is 2.14. The number of rotatable bonds is 2. The molecule has 0 amide bonds. The molecule has 0 radical (unpaired) electrons. The fourth-order valence-corrected chi connectivity index (χ4v) is 2.33. The van der Waals surface area contributed by atoms with E-state index in [2.05, 4.69) is 50.1 Å². The Morgan fingerprint density at radius 3 is 2.84 bits per heavy atom. The summed E-state index contributed by atoms with van der Waals surface area (Å²) in [6, 6.07) is 8.65. The van der Waals surface area contributed by atoms with E-state index in [1.165, 1.54) is 5.56 Å². The first-order valence-corrected chi connectivity index (χ1v) is 6.65. The summed E-state index contributed by atoms with van der Waals surface area (Å²) in [7, 11) is 0. The monoisotopic (exact) mass is 254 g/mol. The van der Waals surface area contributed by atoms with Crippen molar-refractivity contribution < 1.29 is 0 Å². The largest absolute Gasteiger partial charge is 0.382 e. The van der Waals surface area contributed by atoms with Crippen LogP contribution in [0.4, 0.5) is 5.82 Å². The molecular weight excluding hydrogens is 236 g/mol. The molecule has 2 aromatic heterocycles. The molecule has 4 heteroatoms. The predicted octanol–water partition coefficient (Wildman–Crippen LogP) is 3.45. The van der Waals surface area contributed by atoms with Crippen molar-refractivity contribution in [3.8, 4) is 0 Å². The van der Waals surface area contributed by atoms with Crippen molar-refractivity contribution in [2.45, 2.75) is 33.2 Å². The normalized spacial score (nSPS) is 13.2. The number of nitrogens with two attached hydrogens (primary N) is 1. The number of pyridine rings is 1. The van der Waals surface area contributed by atoms with Gasteiger partial charge in [0.25, 0.3) is 0 Å². The number of benzene rings is 1. The first-order valence-electron chi connectivity index (χ1n) is 6.65. The number of hydrogen-bond acceptors (Lipinski definition) is 3. The second-order valence-electron chi connectivity index (χ2n) is 5.14. The van der Waals surface area contributed by atoms with Gasteiger partial charge in [0, 0.05) is 5.39 Å². The molecule has 19 heavy (non-hydrogen) atoms. The topological polar surface area (TPSA) is 56.7 Å². The van der Waals surface area contributed by atoms with Crippen LogP contribution in [0, 0.1) is 6.92 Å². The summed E-state index contributed by atoms with van der Waals surface area (Å²) in [5.74, 6) is 0.560. The Bertz CT molecular complexity index is 758. The molecule has 0 saturated heterocycles. The molecule has 0 spiro atoms. The quantitative estimate of drug-likeness (QED) is 0.762. The molecule has 0 saturated carbocycles. The van der Waals surface area contributed by atoms with Crippen molar-refractivity contribution in [1.82, 2.24) is 14.8 Å². The molecule has 0 aliphatic rings. The molecule has 0 aliphatic carbocycles. The molecule has 0 fully saturated rings. The van der Waals surface area contributed by atoms with E-state index in [1.54, 1.807) is 0 Å². The van der Waals surface area contributed by atoms with Crippen LogP contribution in [-0.2, 0) is 0 Å². The minimum absolute atomic E-state index is 0.301. The van der Waals surface area contributed by atoms with Gasteiger partial charge in [-0.3, -0.25) is 0 Å². The zero-order chi connectivity index (χ0) is 13.6. The van der Waals surface area contributed by atoms with Gasteiger partial charge in [-0.05, 0) is 38.0 Å². The zero-order valence-electron chi connectivity index (χ0n) is 11.5. The number of anilines is 1. The summed E-state index contributed by atoms with van der Waals surface area (Å²) in [6.45, 7) is 6.35. The van der Waals surface area contributed by atoms with Crippen LogP contribution in [0.1, 0.15) is 31.9 Å². The molecule has 4 nitrogen and oxygen atoms in total. The minimum Gasteiger partial charge on any atom is -0.382 e. The van der Waals surface area contributed by atoms with E-state index in [-0.39, 0.29) is 0 Å². The second-order valence-corrected chi connectivity index (χ2v) is 5.14. The maximum Gasteiger partial charge on any atom is 0.160 e. The van der Waals surface area contributed by atoms with Crippen LogP contribution in [0.5, 0.6) is 0 Å². The number of nitrogen functional groups attached to an aromatic ring is 1. The van der Waals surface area contributed by atoms with Gasteiger partial charge in [-0.25, -0.2) is 9.67 Å². The van der Waals surface area contributed by atoms with Crippen molar-refractivity contribution in [2.75, 3.05) is 5.73 Å². The summed E-state index contributed by atoms with van der Waals surface area (Å²) in [4.78, 5) is 4.75. The number of aromatic nitrogens is 3. The van der Waals surface area contributed by atoms with Crippen molar-refractivity contribution in [3.63, 3.8) is 0 Å². The Morgan fingerprint density at radius 1 is 1.32 bits per heavy atom. The molecule has 98 valence electrons. The van der Waals surface area contributed by atoms with E-state index in [0.29, 0.717) is 11.9 Å². The first-order chi connectivity index (χ1) is 9.10.